The van der Waals surface area contributed by atoms with E-state index in [1.165, 1.54) is 0 Å². The van der Waals surface area contributed by atoms with Crippen LogP contribution in [0.5, 0.6) is 0 Å². The molecule has 5 atom stereocenters. The number of cyclic esters (lactones) is 1. The highest BCUT2D eigenvalue weighted by Gasteiger charge is 2.54. The van der Waals surface area contributed by atoms with E-state index in [1.54, 1.807) is 7.11 Å². The lowest BCUT2D eigenvalue weighted by Crippen LogP contribution is -2.52. The minimum atomic E-state index is -0.598. The van der Waals surface area contributed by atoms with Gasteiger partial charge in [-0.3, -0.25) is 4.90 Å². The van der Waals surface area contributed by atoms with E-state index in [9.17, 15) is 4.79 Å². The summed E-state index contributed by atoms with van der Waals surface area (Å²) in [6.07, 6.45) is 5.26. The van der Waals surface area contributed by atoms with Crippen molar-refractivity contribution in [3.05, 3.63) is 96.6 Å². The molecule has 1 aliphatic carbocycles. The highest BCUT2D eigenvalue weighted by Crippen LogP contribution is 2.48. The molecular formula is C24H25NO3. The molecule has 4 rings (SSSR count). The Morgan fingerprint density at radius 2 is 1.64 bits per heavy atom. The van der Waals surface area contributed by atoms with Crippen LogP contribution in [0.1, 0.15) is 30.2 Å². The van der Waals surface area contributed by atoms with Crippen LogP contribution < -0.4 is 0 Å². The van der Waals surface area contributed by atoms with Crippen LogP contribution in [0.25, 0.3) is 0 Å². The number of nitrogens with zero attached hydrogens (tertiary/aromatic N) is 1. The van der Waals surface area contributed by atoms with Crippen LogP contribution in [0.4, 0.5) is 4.79 Å². The van der Waals surface area contributed by atoms with E-state index in [2.05, 4.69) is 12.7 Å². The summed E-state index contributed by atoms with van der Waals surface area (Å²) in [5.41, 5.74) is 1.42. The number of carbonyl (C=O) groups is 1. The zero-order valence-corrected chi connectivity index (χ0v) is 16.2. The Morgan fingerprint density at radius 1 is 1.04 bits per heavy atom. The van der Waals surface area contributed by atoms with Crippen molar-refractivity contribution in [1.82, 2.24) is 4.90 Å². The van der Waals surface area contributed by atoms with Crippen molar-refractivity contribution in [3.8, 4) is 0 Å². The number of ether oxygens (including phenoxy) is 2. The first-order valence-electron chi connectivity index (χ1n) is 9.55. The molecule has 2 aromatic carbocycles. The van der Waals surface area contributed by atoms with E-state index in [-0.39, 0.29) is 30.2 Å². The average molecular weight is 375 g/mol. The highest BCUT2D eigenvalue weighted by molar-refractivity contribution is 5.73. The van der Waals surface area contributed by atoms with E-state index in [4.69, 9.17) is 9.47 Å². The van der Waals surface area contributed by atoms with Crippen molar-refractivity contribution in [2.75, 3.05) is 7.11 Å². The van der Waals surface area contributed by atoms with Crippen LogP contribution in [-0.4, -0.2) is 29.7 Å². The summed E-state index contributed by atoms with van der Waals surface area (Å²) in [5, 5.41) is 0. The number of rotatable bonds is 5. The molecule has 4 nitrogen and oxygen atoms in total. The van der Waals surface area contributed by atoms with Gasteiger partial charge in [0, 0.05) is 13.0 Å². The Labute approximate surface area is 166 Å². The first-order valence-corrected chi connectivity index (χ1v) is 9.55. The van der Waals surface area contributed by atoms with E-state index in [0.29, 0.717) is 0 Å². The van der Waals surface area contributed by atoms with Crippen LogP contribution in [-0.2, 0) is 9.47 Å². The second-order valence-electron chi connectivity index (χ2n) is 7.46. The topological polar surface area (TPSA) is 38.8 Å². The highest BCUT2D eigenvalue weighted by atomic mass is 16.6. The number of hydrogen-bond donors (Lipinski definition) is 0. The van der Waals surface area contributed by atoms with Crippen LogP contribution in [0.15, 0.2) is 85.5 Å². The molecule has 144 valence electrons. The molecule has 1 fully saturated rings. The van der Waals surface area contributed by atoms with E-state index >= 15 is 0 Å². The summed E-state index contributed by atoms with van der Waals surface area (Å²) in [4.78, 5) is 14.9. The molecule has 0 unspecified atom stereocenters. The van der Waals surface area contributed by atoms with Crippen LogP contribution in [0.2, 0.25) is 0 Å². The molecule has 2 aromatic rings. The monoisotopic (exact) mass is 375 g/mol. The zero-order chi connectivity index (χ0) is 19.7. The fourth-order valence-electron chi connectivity index (χ4n) is 4.40. The van der Waals surface area contributed by atoms with E-state index in [0.717, 1.165) is 11.1 Å². The van der Waals surface area contributed by atoms with Gasteiger partial charge in [-0.05, 0) is 18.1 Å². The minimum absolute atomic E-state index is 0.0162. The molecule has 2 aliphatic rings. The van der Waals surface area contributed by atoms with E-state index in [1.807, 2.05) is 84.6 Å². The fourth-order valence-corrected chi connectivity index (χ4v) is 4.40. The summed E-state index contributed by atoms with van der Waals surface area (Å²) >= 11 is 0. The lowest BCUT2D eigenvalue weighted by molar-refractivity contribution is -0.0532. The molecule has 0 saturated carbocycles. The molecule has 0 radical (unpaired) electrons. The summed E-state index contributed by atoms with van der Waals surface area (Å²) in [6.45, 7) is 5.96. The van der Waals surface area contributed by atoms with Gasteiger partial charge in [0.2, 0.25) is 0 Å². The van der Waals surface area contributed by atoms with Gasteiger partial charge >= 0.3 is 6.09 Å². The van der Waals surface area contributed by atoms with Gasteiger partial charge in [-0.2, -0.15) is 0 Å². The molecule has 1 heterocycles. The second-order valence-corrected chi connectivity index (χ2v) is 7.46. The van der Waals surface area contributed by atoms with Crippen molar-refractivity contribution >= 4 is 6.09 Å². The molecule has 1 saturated heterocycles. The van der Waals surface area contributed by atoms with Crippen molar-refractivity contribution < 1.29 is 14.3 Å². The van der Waals surface area contributed by atoms with Crippen molar-refractivity contribution in [2.24, 2.45) is 5.92 Å². The molecule has 4 heteroatoms. The molecular weight excluding hydrogens is 350 g/mol. The van der Waals surface area contributed by atoms with Gasteiger partial charge in [-0.1, -0.05) is 78.9 Å². The summed E-state index contributed by atoms with van der Waals surface area (Å²) in [5.74, 6) is 0.0162. The fraction of sp³-hybridized carbons (Fsp3) is 0.292. The molecule has 1 amide bonds. The van der Waals surface area contributed by atoms with Crippen molar-refractivity contribution in [1.29, 1.82) is 0 Å². The number of benzene rings is 2. The molecule has 1 aliphatic heterocycles. The summed E-state index contributed by atoms with van der Waals surface area (Å²) in [6, 6.07) is 19.5. The van der Waals surface area contributed by atoms with Gasteiger partial charge in [-0.15, -0.1) is 6.58 Å². The smallest absolute Gasteiger partial charge is 0.411 e. The van der Waals surface area contributed by atoms with Crippen LogP contribution in [0, 0.1) is 5.92 Å². The maximum atomic E-state index is 13.1. The summed E-state index contributed by atoms with van der Waals surface area (Å²) < 4.78 is 11.8. The van der Waals surface area contributed by atoms with Crippen LogP contribution in [0.3, 0.4) is 0 Å². The third kappa shape index (κ3) is 2.85. The number of methoxy groups -OCH3 is 1. The predicted molar refractivity (Wildman–Crippen MR) is 109 cm³/mol. The van der Waals surface area contributed by atoms with Gasteiger partial charge in [0.25, 0.3) is 0 Å². The lowest BCUT2D eigenvalue weighted by Gasteiger charge is -2.40. The van der Waals surface area contributed by atoms with Gasteiger partial charge in [0.05, 0.1) is 11.6 Å². The number of amides is 1. The average Bonchev–Trinajstić information content (AvgIpc) is 3.25. The Bertz CT molecular complexity index is 879. The Morgan fingerprint density at radius 3 is 2.21 bits per heavy atom. The normalized spacial score (nSPS) is 31.8. The van der Waals surface area contributed by atoms with Crippen molar-refractivity contribution in [2.45, 2.75) is 30.7 Å². The third-order valence-corrected chi connectivity index (χ3v) is 6.04. The molecule has 0 N–H and O–H groups in total. The number of hydrogen-bond acceptors (Lipinski definition) is 3. The largest absolute Gasteiger partial charge is 0.439 e. The van der Waals surface area contributed by atoms with Gasteiger partial charge in [-0.25, -0.2) is 4.79 Å². The molecule has 0 spiro atoms. The second kappa shape index (κ2) is 7.28. The predicted octanol–water partition coefficient (Wildman–Crippen LogP) is 5.07. The quantitative estimate of drug-likeness (QED) is 0.685. The van der Waals surface area contributed by atoms with Gasteiger partial charge in [0.15, 0.2) is 6.10 Å². The minimum Gasteiger partial charge on any atom is -0.439 e. The maximum Gasteiger partial charge on any atom is 0.411 e. The molecule has 0 bridgehead atoms. The first-order chi connectivity index (χ1) is 13.6. The Kier molecular flexibility index (Phi) is 4.82. The Balaban J connectivity index is 1.80. The molecule has 28 heavy (non-hydrogen) atoms. The Hall–Kier alpha value is -2.85. The third-order valence-electron chi connectivity index (χ3n) is 6.04. The molecule has 0 aromatic heterocycles. The zero-order valence-electron chi connectivity index (χ0n) is 16.2. The lowest BCUT2D eigenvalue weighted by atomic mass is 9.86. The SMILES string of the molecule is C=C[C@H]1C=C[C@@H](N2C(=O)O[C@@H](c3ccccc3)[C@H]2c2ccccc2)[C@]1(C)OC. The number of carbonyl (C=O) groups excluding carboxylic acids is 1. The maximum absolute atomic E-state index is 13.1. The van der Waals surface area contributed by atoms with Gasteiger partial charge in [0.1, 0.15) is 6.04 Å². The van der Waals surface area contributed by atoms with E-state index < -0.39 is 5.60 Å². The van der Waals surface area contributed by atoms with Gasteiger partial charge < -0.3 is 9.47 Å². The standard InChI is InChI=1S/C24H25NO3/c1-4-19-15-16-20(24(19,2)27-3)25-21(17-11-7-5-8-12-17)22(28-23(25)26)18-13-9-6-10-14-18/h4-16,19-22H,1H2,2-3H3/t19-,20+,21+,22-,24+/m0/s1. The van der Waals surface area contributed by atoms with Crippen LogP contribution >= 0.6 is 0 Å². The first kappa shape index (κ1) is 18.5. The summed E-state index contributed by atoms with van der Waals surface area (Å²) in [7, 11) is 1.68. The van der Waals surface area contributed by atoms with Crippen molar-refractivity contribution in [3.63, 3.8) is 0 Å².